The van der Waals surface area contributed by atoms with Gasteiger partial charge in [0.1, 0.15) is 5.75 Å². The van der Waals surface area contributed by atoms with E-state index in [-0.39, 0.29) is 6.04 Å². The Bertz CT molecular complexity index is 1120. The Hall–Kier alpha value is -3.22. The minimum atomic E-state index is -0.879. The van der Waals surface area contributed by atoms with Crippen LogP contribution >= 0.6 is 0 Å². The molecule has 0 saturated carbocycles. The molecule has 2 bridgehead atoms. The molecule has 6 heteroatoms. The molecule has 5 atom stereocenters. The molecule has 0 aliphatic carbocycles. The average molecular weight is 447 g/mol. The van der Waals surface area contributed by atoms with E-state index in [9.17, 15) is 9.90 Å². The Morgan fingerprint density at radius 1 is 1.24 bits per heavy atom. The first-order valence-corrected chi connectivity index (χ1v) is 11.3. The number of aromatic carboxylic acids is 1. The van der Waals surface area contributed by atoms with Gasteiger partial charge in [-0.2, -0.15) is 0 Å². The van der Waals surface area contributed by atoms with Gasteiger partial charge in [-0.3, -0.25) is 9.88 Å². The number of benzene rings is 2. The minimum absolute atomic E-state index is 0.178. The minimum Gasteiger partial charge on any atom is -0.497 e. The molecule has 3 aliphatic heterocycles. The summed E-state index contributed by atoms with van der Waals surface area (Å²) in [4.78, 5) is 17.1. The van der Waals surface area contributed by atoms with Crippen LogP contribution in [0.5, 0.6) is 5.75 Å². The molecule has 33 heavy (non-hydrogen) atoms. The molecule has 3 aromatic rings. The van der Waals surface area contributed by atoms with Gasteiger partial charge >= 0.3 is 5.97 Å². The number of ether oxygens (including phenoxy) is 1. The molecule has 172 valence electrons. The van der Waals surface area contributed by atoms with Crippen molar-refractivity contribution >= 4 is 16.9 Å². The van der Waals surface area contributed by atoms with E-state index in [1.807, 2.05) is 24.3 Å². The maximum Gasteiger partial charge on any atom is 0.335 e. The predicted octanol–water partition coefficient (Wildman–Crippen LogP) is 4.56. The zero-order chi connectivity index (χ0) is 23.4. The Kier molecular flexibility index (Phi) is 7.06. The van der Waals surface area contributed by atoms with Gasteiger partial charge in [-0.15, -0.1) is 6.58 Å². The van der Waals surface area contributed by atoms with E-state index in [0.717, 1.165) is 41.7 Å². The van der Waals surface area contributed by atoms with Crippen molar-refractivity contribution in [1.29, 1.82) is 0 Å². The summed E-state index contributed by atoms with van der Waals surface area (Å²) in [6.45, 7) is 6.07. The fourth-order valence-electron chi connectivity index (χ4n) is 5.03. The molecule has 2 unspecified atom stereocenters. The molecule has 3 aliphatic rings. The molecule has 3 saturated heterocycles. The van der Waals surface area contributed by atoms with Gasteiger partial charge in [-0.25, -0.2) is 4.79 Å². The molecular weight excluding hydrogens is 416 g/mol. The van der Waals surface area contributed by atoms with Gasteiger partial charge in [0.25, 0.3) is 0 Å². The number of methoxy groups -OCH3 is 1. The zero-order valence-corrected chi connectivity index (χ0v) is 18.8. The molecule has 6 nitrogen and oxygen atoms in total. The lowest BCUT2D eigenvalue weighted by molar-refractivity contribution is -0.0444. The van der Waals surface area contributed by atoms with Crippen LogP contribution in [0, 0.1) is 11.8 Å². The maximum absolute atomic E-state index is 11.2. The van der Waals surface area contributed by atoms with Crippen LogP contribution in [0.2, 0.25) is 0 Å². The van der Waals surface area contributed by atoms with Crippen LogP contribution < -0.4 is 4.74 Å². The molecule has 3 fully saturated rings. The second kappa shape index (κ2) is 10.1. The molecule has 0 spiro atoms. The van der Waals surface area contributed by atoms with E-state index in [1.165, 1.54) is 6.42 Å². The third-order valence-electron chi connectivity index (χ3n) is 6.84. The standard InChI is InChI=1S/C20H24N2O2.C7H6O2/c1-3-13-12-22-9-7-14(13)10-19(22)20(23)16-6-8-21-18-5-4-15(24-2)11-17(16)18;8-7(9)6-4-2-1-3-5-6/h3-6,8,11,13-14,19-20,23H,1,7,9-10,12H2,2H3;1-5H,(H,8,9)/t13-,14?,19-,20+;/m0./s1. The van der Waals surface area contributed by atoms with Crippen molar-refractivity contribution in [1.82, 2.24) is 9.88 Å². The molecular formula is C27H30N2O4. The van der Waals surface area contributed by atoms with Gasteiger partial charge in [0.05, 0.1) is 24.3 Å². The van der Waals surface area contributed by atoms with E-state index in [0.29, 0.717) is 17.4 Å². The van der Waals surface area contributed by atoms with E-state index < -0.39 is 12.1 Å². The number of fused-ring (bicyclic) bond motifs is 4. The van der Waals surface area contributed by atoms with Gasteiger partial charge in [-0.1, -0.05) is 24.3 Å². The highest BCUT2D eigenvalue weighted by Crippen LogP contribution is 2.42. The number of carbonyl (C=O) groups is 1. The van der Waals surface area contributed by atoms with Gasteiger partial charge in [0.2, 0.25) is 0 Å². The molecule has 2 N–H and O–H groups in total. The fourth-order valence-corrected chi connectivity index (χ4v) is 5.03. The number of hydrogen-bond donors (Lipinski definition) is 2. The Labute approximate surface area is 194 Å². The number of carboxylic acid groups (broad SMARTS) is 1. The smallest absolute Gasteiger partial charge is 0.335 e. The summed E-state index contributed by atoms with van der Waals surface area (Å²) in [7, 11) is 1.66. The van der Waals surface area contributed by atoms with Crippen molar-refractivity contribution < 1.29 is 19.7 Å². The van der Waals surface area contributed by atoms with Crippen molar-refractivity contribution in [2.24, 2.45) is 11.8 Å². The SMILES string of the molecule is C=C[C@H]1CN2CCC1C[C@H]2[C@H](O)c1ccnc2ccc(OC)cc12.O=C(O)c1ccccc1. The van der Waals surface area contributed by atoms with E-state index in [2.05, 4.69) is 22.5 Å². The number of pyridine rings is 1. The Balaban J connectivity index is 0.000000243. The van der Waals surface area contributed by atoms with Gasteiger partial charge in [0.15, 0.2) is 0 Å². The highest BCUT2D eigenvalue weighted by molar-refractivity contribution is 5.87. The monoisotopic (exact) mass is 446 g/mol. The van der Waals surface area contributed by atoms with Crippen molar-refractivity contribution in [3.8, 4) is 5.75 Å². The fraction of sp³-hybridized carbons (Fsp3) is 0.333. The second-order valence-corrected chi connectivity index (χ2v) is 8.65. The van der Waals surface area contributed by atoms with E-state index in [1.54, 1.807) is 43.6 Å². The largest absolute Gasteiger partial charge is 0.497 e. The van der Waals surface area contributed by atoms with Crippen LogP contribution in [0.3, 0.4) is 0 Å². The summed E-state index contributed by atoms with van der Waals surface area (Å²) in [6, 6.07) is 16.3. The van der Waals surface area contributed by atoms with Gasteiger partial charge in [-0.05, 0) is 73.2 Å². The van der Waals surface area contributed by atoms with E-state index >= 15 is 0 Å². The molecule has 1 aromatic heterocycles. The van der Waals surface area contributed by atoms with Crippen molar-refractivity contribution in [2.45, 2.75) is 25.0 Å². The Morgan fingerprint density at radius 3 is 2.64 bits per heavy atom. The molecule has 6 rings (SSSR count). The molecule has 4 heterocycles. The molecule has 0 amide bonds. The van der Waals surface area contributed by atoms with Gasteiger partial charge < -0.3 is 14.9 Å². The molecule has 0 radical (unpaired) electrons. The number of rotatable bonds is 5. The summed E-state index contributed by atoms with van der Waals surface area (Å²) < 4.78 is 5.35. The lowest BCUT2D eigenvalue weighted by Gasteiger charge is -2.50. The number of aliphatic hydroxyl groups is 1. The maximum atomic E-state index is 11.2. The van der Waals surface area contributed by atoms with Crippen LogP contribution in [0.25, 0.3) is 10.9 Å². The lowest BCUT2D eigenvalue weighted by Crippen LogP contribution is -2.54. The second-order valence-electron chi connectivity index (χ2n) is 8.65. The number of piperidine rings is 3. The normalized spacial score (nSPS) is 24.4. The summed E-state index contributed by atoms with van der Waals surface area (Å²) in [5.74, 6) is 1.13. The summed E-state index contributed by atoms with van der Waals surface area (Å²) in [5.41, 5.74) is 2.18. The lowest BCUT2D eigenvalue weighted by atomic mass is 9.73. The third kappa shape index (κ3) is 4.92. The highest BCUT2D eigenvalue weighted by Gasteiger charge is 2.42. The summed E-state index contributed by atoms with van der Waals surface area (Å²) in [6.07, 6.45) is 5.62. The van der Waals surface area contributed by atoms with E-state index in [4.69, 9.17) is 9.84 Å². The third-order valence-corrected chi connectivity index (χ3v) is 6.84. The van der Waals surface area contributed by atoms with Crippen LogP contribution in [0.15, 0.2) is 73.4 Å². The first kappa shape index (κ1) is 23.0. The van der Waals surface area contributed by atoms with Crippen LogP contribution in [0.4, 0.5) is 0 Å². The molecule has 2 aromatic carbocycles. The quantitative estimate of drug-likeness (QED) is 0.559. The van der Waals surface area contributed by atoms with Crippen molar-refractivity contribution in [3.63, 3.8) is 0 Å². The first-order chi connectivity index (χ1) is 16.0. The number of aromatic nitrogens is 1. The summed E-state index contributed by atoms with van der Waals surface area (Å²) in [5, 5.41) is 20.5. The first-order valence-electron chi connectivity index (χ1n) is 11.3. The topological polar surface area (TPSA) is 82.9 Å². The number of nitrogens with zero attached hydrogens (tertiary/aromatic N) is 2. The van der Waals surface area contributed by atoms with Crippen LogP contribution in [-0.2, 0) is 0 Å². The summed E-state index contributed by atoms with van der Waals surface area (Å²) >= 11 is 0. The number of carboxylic acids is 1. The van der Waals surface area contributed by atoms with Crippen LogP contribution in [-0.4, -0.2) is 52.3 Å². The van der Waals surface area contributed by atoms with Crippen LogP contribution in [0.1, 0.15) is 34.9 Å². The average Bonchev–Trinajstić information content (AvgIpc) is 2.88. The van der Waals surface area contributed by atoms with Crippen molar-refractivity contribution in [3.05, 3.63) is 84.6 Å². The number of aliphatic hydroxyl groups excluding tert-OH is 1. The van der Waals surface area contributed by atoms with Gasteiger partial charge in [0, 0.05) is 24.2 Å². The highest BCUT2D eigenvalue weighted by atomic mass is 16.5. The Morgan fingerprint density at radius 2 is 2.03 bits per heavy atom. The number of hydrogen-bond acceptors (Lipinski definition) is 5. The predicted molar refractivity (Wildman–Crippen MR) is 128 cm³/mol. The van der Waals surface area contributed by atoms with Crippen molar-refractivity contribution in [2.75, 3.05) is 20.2 Å². The zero-order valence-electron chi connectivity index (χ0n) is 18.8.